The molecule has 0 unspecified atom stereocenters. The molecule has 0 aliphatic heterocycles. The van der Waals surface area contributed by atoms with E-state index in [4.69, 9.17) is 14.5 Å². The number of ether oxygens (including phenoxy) is 2. The van der Waals surface area contributed by atoms with Crippen molar-refractivity contribution in [2.24, 2.45) is 0 Å². The van der Waals surface area contributed by atoms with E-state index in [0.29, 0.717) is 27.9 Å². The van der Waals surface area contributed by atoms with E-state index >= 15 is 0 Å². The van der Waals surface area contributed by atoms with Crippen LogP contribution >= 0.6 is 0 Å². The van der Waals surface area contributed by atoms with Gasteiger partial charge in [0.1, 0.15) is 11.3 Å². The van der Waals surface area contributed by atoms with Crippen molar-refractivity contribution in [3.05, 3.63) is 72.3 Å². The fraction of sp³-hybridized carbons (Fsp3) is 0.130. The van der Waals surface area contributed by atoms with Gasteiger partial charge in [-0.3, -0.25) is 9.97 Å². The molecule has 0 spiro atoms. The summed E-state index contributed by atoms with van der Waals surface area (Å²) in [6.45, 7) is 1.91. The van der Waals surface area contributed by atoms with Crippen molar-refractivity contribution in [1.82, 2.24) is 15.0 Å². The molecule has 144 valence electrons. The molecule has 0 saturated heterocycles. The molecule has 0 saturated carbocycles. The molecular formula is C23H19N3O3. The van der Waals surface area contributed by atoms with Gasteiger partial charge >= 0.3 is 5.97 Å². The van der Waals surface area contributed by atoms with Gasteiger partial charge in [-0.05, 0) is 35.7 Å². The molecule has 4 rings (SSSR count). The maximum atomic E-state index is 12.6. The first-order chi connectivity index (χ1) is 14.1. The van der Waals surface area contributed by atoms with E-state index in [1.807, 2.05) is 43.3 Å². The van der Waals surface area contributed by atoms with Crippen LogP contribution in [0.15, 0.2) is 61.2 Å². The highest BCUT2D eigenvalue weighted by Crippen LogP contribution is 2.37. The van der Waals surface area contributed by atoms with Crippen LogP contribution in [0.25, 0.3) is 33.3 Å². The second-order valence-corrected chi connectivity index (χ2v) is 6.53. The van der Waals surface area contributed by atoms with Crippen LogP contribution in [0.1, 0.15) is 15.9 Å². The molecular weight excluding hydrogens is 366 g/mol. The predicted octanol–water partition coefficient (Wildman–Crippen LogP) is 4.46. The smallest absolute Gasteiger partial charge is 0.342 e. The molecule has 3 heterocycles. The Morgan fingerprint density at radius 3 is 2.17 bits per heavy atom. The van der Waals surface area contributed by atoms with Crippen LogP contribution in [0, 0.1) is 6.92 Å². The molecule has 0 aliphatic carbocycles. The Bertz CT molecular complexity index is 1190. The number of fused-ring (bicyclic) bond motifs is 1. The van der Waals surface area contributed by atoms with E-state index in [-0.39, 0.29) is 0 Å². The van der Waals surface area contributed by atoms with Crippen LogP contribution in [0.4, 0.5) is 0 Å². The van der Waals surface area contributed by atoms with E-state index in [9.17, 15) is 4.79 Å². The summed E-state index contributed by atoms with van der Waals surface area (Å²) in [5.41, 5.74) is 5.43. The van der Waals surface area contributed by atoms with Gasteiger partial charge in [0.15, 0.2) is 5.75 Å². The number of esters is 1. The standard InChI is InChI=1S/C23H19N3O3/c1-14-12-25-13-18-19(23(27)29-3)22(28-2)21(26-20(14)18)17-6-4-15(5-7-17)16-8-10-24-11-9-16/h4-13H,1-3H3. The van der Waals surface area contributed by atoms with Crippen molar-refractivity contribution in [3.8, 4) is 28.1 Å². The number of rotatable bonds is 4. The quantitative estimate of drug-likeness (QED) is 0.483. The molecule has 0 N–H and O–H groups in total. The lowest BCUT2D eigenvalue weighted by molar-refractivity contribution is 0.0599. The second kappa shape index (κ2) is 7.67. The third-order valence-corrected chi connectivity index (χ3v) is 4.80. The van der Waals surface area contributed by atoms with Crippen LogP contribution in [0.5, 0.6) is 5.75 Å². The summed E-state index contributed by atoms with van der Waals surface area (Å²) in [5.74, 6) is -0.121. The molecule has 4 aromatic rings. The summed E-state index contributed by atoms with van der Waals surface area (Å²) >= 11 is 0. The van der Waals surface area contributed by atoms with E-state index in [0.717, 1.165) is 22.3 Å². The zero-order chi connectivity index (χ0) is 20.4. The molecule has 6 nitrogen and oxygen atoms in total. The van der Waals surface area contributed by atoms with E-state index in [1.165, 1.54) is 14.2 Å². The predicted molar refractivity (Wildman–Crippen MR) is 111 cm³/mol. The zero-order valence-corrected chi connectivity index (χ0v) is 16.3. The molecule has 0 bridgehead atoms. The van der Waals surface area contributed by atoms with Crippen LogP contribution in [0.3, 0.4) is 0 Å². The second-order valence-electron chi connectivity index (χ2n) is 6.53. The number of aromatic nitrogens is 3. The summed E-state index contributed by atoms with van der Waals surface area (Å²) in [4.78, 5) is 25.6. The first-order valence-electron chi connectivity index (χ1n) is 9.05. The number of benzene rings is 1. The fourth-order valence-electron chi connectivity index (χ4n) is 3.36. The van der Waals surface area contributed by atoms with Gasteiger partial charge in [-0.25, -0.2) is 9.78 Å². The highest BCUT2D eigenvalue weighted by Gasteiger charge is 2.24. The van der Waals surface area contributed by atoms with Crippen LogP contribution in [-0.2, 0) is 4.74 Å². The Hall–Kier alpha value is -3.80. The highest BCUT2D eigenvalue weighted by molar-refractivity contribution is 6.08. The lowest BCUT2D eigenvalue weighted by Gasteiger charge is -2.15. The largest absolute Gasteiger partial charge is 0.494 e. The first kappa shape index (κ1) is 18.6. The van der Waals surface area contributed by atoms with Crippen molar-refractivity contribution in [1.29, 1.82) is 0 Å². The number of methoxy groups -OCH3 is 2. The minimum absolute atomic E-state index is 0.324. The van der Waals surface area contributed by atoms with Crippen molar-refractivity contribution in [3.63, 3.8) is 0 Å². The molecule has 3 aromatic heterocycles. The minimum atomic E-state index is -0.490. The van der Waals surface area contributed by atoms with Gasteiger partial charge in [-0.2, -0.15) is 0 Å². The van der Waals surface area contributed by atoms with Gasteiger partial charge in [0, 0.05) is 35.7 Å². The Kier molecular flexibility index (Phi) is 4.91. The number of pyridine rings is 3. The average Bonchev–Trinajstić information content (AvgIpc) is 2.78. The summed E-state index contributed by atoms with van der Waals surface area (Å²) in [5, 5.41) is 0.603. The number of aryl methyl sites for hydroxylation is 1. The fourth-order valence-corrected chi connectivity index (χ4v) is 3.36. The van der Waals surface area contributed by atoms with Crippen LogP contribution < -0.4 is 4.74 Å². The van der Waals surface area contributed by atoms with Gasteiger partial charge in [0.2, 0.25) is 0 Å². The van der Waals surface area contributed by atoms with Gasteiger partial charge in [-0.15, -0.1) is 0 Å². The maximum absolute atomic E-state index is 12.6. The Morgan fingerprint density at radius 2 is 1.52 bits per heavy atom. The third-order valence-electron chi connectivity index (χ3n) is 4.80. The van der Waals surface area contributed by atoms with Gasteiger partial charge in [-0.1, -0.05) is 24.3 Å². The molecule has 0 radical (unpaired) electrons. The SMILES string of the molecule is COC(=O)c1c(OC)c(-c2ccc(-c3ccncc3)cc2)nc2c(C)cncc12. The molecule has 0 aliphatic rings. The van der Waals surface area contributed by atoms with Crippen LogP contribution in [0.2, 0.25) is 0 Å². The van der Waals surface area contributed by atoms with Crippen molar-refractivity contribution >= 4 is 16.9 Å². The Balaban J connectivity index is 1.93. The van der Waals surface area contributed by atoms with Crippen molar-refractivity contribution < 1.29 is 14.3 Å². The van der Waals surface area contributed by atoms with Crippen LogP contribution in [-0.4, -0.2) is 35.1 Å². The number of carbonyl (C=O) groups is 1. The monoisotopic (exact) mass is 385 g/mol. The van der Waals surface area contributed by atoms with E-state index in [1.54, 1.807) is 24.8 Å². The zero-order valence-electron chi connectivity index (χ0n) is 16.3. The number of nitrogens with zero attached hydrogens (tertiary/aromatic N) is 3. The van der Waals surface area contributed by atoms with Crippen molar-refractivity contribution in [2.75, 3.05) is 14.2 Å². The Labute approximate surface area is 168 Å². The van der Waals surface area contributed by atoms with E-state index in [2.05, 4.69) is 9.97 Å². The molecule has 29 heavy (non-hydrogen) atoms. The van der Waals surface area contributed by atoms with Gasteiger partial charge in [0.05, 0.1) is 19.7 Å². The normalized spacial score (nSPS) is 10.7. The van der Waals surface area contributed by atoms with E-state index < -0.39 is 5.97 Å². The number of hydrogen-bond donors (Lipinski definition) is 0. The molecule has 1 aromatic carbocycles. The molecule has 6 heteroatoms. The number of hydrogen-bond acceptors (Lipinski definition) is 6. The summed E-state index contributed by atoms with van der Waals surface area (Å²) < 4.78 is 10.6. The molecule has 0 fully saturated rings. The minimum Gasteiger partial charge on any atom is -0.494 e. The number of carbonyl (C=O) groups excluding carboxylic acids is 1. The Morgan fingerprint density at radius 1 is 0.862 bits per heavy atom. The topological polar surface area (TPSA) is 74.2 Å². The molecule has 0 amide bonds. The third kappa shape index (κ3) is 3.29. The summed E-state index contributed by atoms with van der Waals surface area (Å²) in [7, 11) is 2.87. The first-order valence-corrected chi connectivity index (χ1v) is 9.05. The lowest BCUT2D eigenvalue weighted by atomic mass is 10.00. The molecule has 0 atom stereocenters. The average molecular weight is 385 g/mol. The summed E-state index contributed by atoms with van der Waals surface area (Å²) in [6, 6.07) is 11.8. The highest BCUT2D eigenvalue weighted by atomic mass is 16.5. The van der Waals surface area contributed by atoms with Gasteiger partial charge in [0.25, 0.3) is 0 Å². The lowest BCUT2D eigenvalue weighted by Crippen LogP contribution is -2.08. The summed E-state index contributed by atoms with van der Waals surface area (Å²) in [6.07, 6.45) is 6.85. The van der Waals surface area contributed by atoms with Crippen molar-refractivity contribution in [2.45, 2.75) is 6.92 Å². The van der Waals surface area contributed by atoms with Gasteiger partial charge < -0.3 is 9.47 Å². The maximum Gasteiger partial charge on any atom is 0.342 e.